The first-order valence-corrected chi connectivity index (χ1v) is 12.0. The van der Waals surface area contributed by atoms with Gasteiger partial charge in [-0.2, -0.15) is 0 Å². The van der Waals surface area contributed by atoms with Crippen molar-refractivity contribution in [1.29, 1.82) is 0 Å². The Hall–Kier alpha value is -2.03. The molecule has 3 aromatic carbocycles. The predicted octanol–water partition coefficient (Wildman–Crippen LogP) is 1.81. The molecule has 0 saturated carbocycles. The minimum Gasteiger partial charge on any atom is -1.00 e. The molecule has 3 nitrogen and oxygen atoms in total. The fraction of sp³-hybridized carbons (Fsp3) is 0.280. The summed E-state index contributed by atoms with van der Waals surface area (Å²) in [6.45, 7) is 2.24. The second kappa shape index (κ2) is 11.4. The molecular formula is C25H30BrO3P. The maximum atomic E-state index is 5.87. The van der Waals surface area contributed by atoms with E-state index in [1.807, 2.05) is 18.2 Å². The van der Waals surface area contributed by atoms with E-state index in [2.05, 4.69) is 61.5 Å². The van der Waals surface area contributed by atoms with E-state index >= 15 is 0 Å². The molecule has 0 aliphatic rings. The smallest absolute Gasteiger partial charge is 0.161 e. The molecule has 0 aromatic heterocycles. The average molecular weight is 489 g/mol. The molecular weight excluding hydrogens is 459 g/mol. The number of para-hydroxylation sites is 3. The van der Waals surface area contributed by atoms with Crippen molar-refractivity contribution < 1.29 is 31.2 Å². The second-order valence-electron chi connectivity index (χ2n) is 6.90. The van der Waals surface area contributed by atoms with Gasteiger partial charge in [-0.3, -0.25) is 0 Å². The minimum absolute atomic E-state index is 0. The molecule has 0 amide bonds. The van der Waals surface area contributed by atoms with Crippen molar-refractivity contribution in [2.45, 2.75) is 19.8 Å². The van der Waals surface area contributed by atoms with Gasteiger partial charge < -0.3 is 31.2 Å². The normalized spacial score (nSPS) is 10.8. The van der Waals surface area contributed by atoms with Gasteiger partial charge in [0.1, 0.15) is 23.2 Å². The second-order valence-corrected chi connectivity index (χ2v) is 10.4. The molecule has 3 aromatic rings. The maximum Gasteiger partial charge on any atom is 0.161 e. The number of unbranched alkanes of at least 4 members (excludes halogenated alkanes) is 1. The number of ether oxygens (including phenoxy) is 3. The third-order valence-electron chi connectivity index (χ3n) is 5.34. The van der Waals surface area contributed by atoms with Gasteiger partial charge in [-0.05, 0) is 42.8 Å². The Bertz CT molecular complexity index is 829. The van der Waals surface area contributed by atoms with Crippen LogP contribution in [0.5, 0.6) is 17.2 Å². The van der Waals surface area contributed by atoms with Crippen molar-refractivity contribution in [3.05, 3.63) is 72.8 Å². The predicted molar refractivity (Wildman–Crippen MR) is 125 cm³/mol. The average Bonchev–Trinajstić information content (AvgIpc) is 2.80. The van der Waals surface area contributed by atoms with Crippen LogP contribution in [0.15, 0.2) is 72.8 Å². The number of methoxy groups -OCH3 is 3. The van der Waals surface area contributed by atoms with Gasteiger partial charge in [0.15, 0.2) is 17.2 Å². The number of hydrogen-bond acceptors (Lipinski definition) is 3. The monoisotopic (exact) mass is 488 g/mol. The van der Waals surface area contributed by atoms with Crippen LogP contribution >= 0.6 is 7.26 Å². The lowest BCUT2D eigenvalue weighted by atomic mass is 10.3. The number of halogens is 1. The molecule has 3 rings (SSSR count). The first kappa shape index (κ1) is 24.2. The summed E-state index contributed by atoms with van der Waals surface area (Å²) in [7, 11) is 3.14. The molecule has 0 unspecified atom stereocenters. The third-order valence-corrected chi connectivity index (χ3v) is 9.90. The Kier molecular flexibility index (Phi) is 9.20. The van der Waals surface area contributed by atoms with Crippen LogP contribution < -0.4 is 47.1 Å². The van der Waals surface area contributed by atoms with Crippen LogP contribution in [0.25, 0.3) is 0 Å². The molecule has 30 heavy (non-hydrogen) atoms. The van der Waals surface area contributed by atoms with E-state index in [1.165, 1.54) is 15.9 Å². The Balaban J connectivity index is 0.00000320. The van der Waals surface area contributed by atoms with Gasteiger partial charge in [0, 0.05) is 0 Å². The molecule has 0 saturated heterocycles. The summed E-state index contributed by atoms with van der Waals surface area (Å²) in [5.74, 6) is 2.73. The van der Waals surface area contributed by atoms with E-state index in [4.69, 9.17) is 14.2 Å². The van der Waals surface area contributed by atoms with Crippen LogP contribution in [0.2, 0.25) is 0 Å². The van der Waals surface area contributed by atoms with E-state index < -0.39 is 7.26 Å². The largest absolute Gasteiger partial charge is 1.00 e. The zero-order valence-corrected chi connectivity index (χ0v) is 20.6. The van der Waals surface area contributed by atoms with Gasteiger partial charge in [-0.15, -0.1) is 0 Å². The first-order valence-electron chi connectivity index (χ1n) is 10.0. The third kappa shape index (κ3) is 4.50. The fourth-order valence-corrected chi connectivity index (χ4v) is 8.92. The standard InChI is InChI=1S/C25H30O3P.BrH/c1-5-6-19-29(23-16-10-7-13-20(23)26-2,24-17-11-8-14-21(24)27-3)25-18-12-9-15-22(25)28-4;/h7-18H,5-6,19H2,1-4H3;1H/q+1;/p-1. The van der Waals surface area contributed by atoms with Crippen molar-refractivity contribution in [3.8, 4) is 17.2 Å². The maximum absolute atomic E-state index is 5.87. The highest BCUT2D eigenvalue weighted by Gasteiger charge is 2.50. The highest BCUT2D eigenvalue weighted by molar-refractivity contribution is 7.96. The van der Waals surface area contributed by atoms with Crippen LogP contribution in [0.1, 0.15) is 19.8 Å². The summed E-state index contributed by atoms with van der Waals surface area (Å²) in [5.41, 5.74) is 0. The van der Waals surface area contributed by atoms with Crippen molar-refractivity contribution in [2.75, 3.05) is 27.5 Å². The van der Waals surface area contributed by atoms with Crippen molar-refractivity contribution >= 4 is 23.2 Å². The molecule has 0 aliphatic heterocycles. The Morgan fingerprint density at radius 3 is 1.23 bits per heavy atom. The van der Waals surface area contributed by atoms with Crippen molar-refractivity contribution in [3.63, 3.8) is 0 Å². The van der Waals surface area contributed by atoms with Gasteiger partial charge in [-0.1, -0.05) is 49.7 Å². The Labute approximate surface area is 191 Å². The summed E-state index contributed by atoms with van der Waals surface area (Å²) in [5, 5.41) is 3.68. The summed E-state index contributed by atoms with van der Waals surface area (Å²) in [6, 6.07) is 25.2. The number of hydrogen-bond donors (Lipinski definition) is 0. The zero-order valence-electron chi connectivity index (χ0n) is 18.1. The molecule has 0 fully saturated rings. The number of benzene rings is 3. The van der Waals surface area contributed by atoms with Crippen LogP contribution in [0, 0.1) is 0 Å². The van der Waals surface area contributed by atoms with Crippen molar-refractivity contribution in [2.24, 2.45) is 0 Å². The van der Waals surface area contributed by atoms with Gasteiger partial charge in [-0.25, -0.2) is 0 Å². The van der Waals surface area contributed by atoms with Crippen LogP contribution in [-0.2, 0) is 0 Å². The van der Waals surface area contributed by atoms with Crippen LogP contribution in [-0.4, -0.2) is 27.5 Å². The summed E-state index contributed by atoms with van der Waals surface area (Å²) >= 11 is 0. The molecule has 0 heterocycles. The van der Waals surface area contributed by atoms with E-state index in [-0.39, 0.29) is 17.0 Å². The summed E-state index contributed by atoms with van der Waals surface area (Å²) in [6.07, 6.45) is 3.23. The minimum atomic E-state index is -2.11. The summed E-state index contributed by atoms with van der Waals surface area (Å²) < 4.78 is 17.6. The van der Waals surface area contributed by atoms with Gasteiger partial charge >= 0.3 is 0 Å². The van der Waals surface area contributed by atoms with E-state index in [1.54, 1.807) is 21.3 Å². The lowest BCUT2D eigenvalue weighted by molar-refractivity contribution is -0.00000672. The molecule has 0 N–H and O–H groups in total. The SMILES string of the molecule is CCCC[P+](c1ccccc1OC)(c1ccccc1OC)c1ccccc1OC.[Br-]. The van der Waals surface area contributed by atoms with E-state index in [0.29, 0.717) is 0 Å². The fourth-order valence-electron chi connectivity index (χ4n) is 3.98. The molecule has 0 radical (unpaired) electrons. The van der Waals surface area contributed by atoms with Crippen LogP contribution in [0.4, 0.5) is 0 Å². The first-order chi connectivity index (χ1) is 14.2. The van der Waals surface area contributed by atoms with Gasteiger partial charge in [0.05, 0.1) is 27.5 Å². The van der Waals surface area contributed by atoms with Crippen LogP contribution in [0.3, 0.4) is 0 Å². The van der Waals surface area contributed by atoms with Gasteiger partial charge in [0.25, 0.3) is 0 Å². The lowest BCUT2D eigenvalue weighted by Crippen LogP contribution is -3.00. The molecule has 0 spiro atoms. The molecule has 0 bridgehead atoms. The quantitative estimate of drug-likeness (QED) is 0.430. The summed E-state index contributed by atoms with van der Waals surface area (Å²) in [4.78, 5) is 0. The van der Waals surface area contributed by atoms with E-state index in [9.17, 15) is 0 Å². The molecule has 160 valence electrons. The van der Waals surface area contributed by atoms with E-state index in [0.717, 1.165) is 36.3 Å². The molecule has 0 atom stereocenters. The zero-order chi connectivity index (χ0) is 20.7. The van der Waals surface area contributed by atoms with Gasteiger partial charge in [0.2, 0.25) is 0 Å². The molecule has 0 aliphatic carbocycles. The number of rotatable bonds is 9. The molecule has 5 heteroatoms. The highest BCUT2D eigenvalue weighted by atomic mass is 79.9. The lowest BCUT2D eigenvalue weighted by Gasteiger charge is -2.30. The van der Waals surface area contributed by atoms with Crippen molar-refractivity contribution in [1.82, 2.24) is 0 Å². The Morgan fingerprint density at radius 1 is 0.600 bits per heavy atom. The Morgan fingerprint density at radius 2 is 0.933 bits per heavy atom. The highest BCUT2D eigenvalue weighted by Crippen LogP contribution is 2.60. The topological polar surface area (TPSA) is 27.7 Å².